The summed E-state index contributed by atoms with van der Waals surface area (Å²) in [6.45, 7) is 12.1. The largest absolute Gasteiger partial charge is 0.294 e. The maximum Gasteiger partial charge on any atom is 0.0195 e. The van der Waals surface area contributed by atoms with E-state index in [2.05, 4.69) is 32.3 Å². The van der Waals surface area contributed by atoms with Gasteiger partial charge in [-0.3, -0.25) is 4.90 Å². The summed E-state index contributed by atoms with van der Waals surface area (Å²) in [7, 11) is 0. The van der Waals surface area contributed by atoms with E-state index in [0.717, 1.165) is 25.0 Å². The van der Waals surface area contributed by atoms with Gasteiger partial charge in [0.05, 0.1) is 0 Å². The van der Waals surface area contributed by atoms with Gasteiger partial charge < -0.3 is 0 Å². The molecule has 0 N–H and O–H groups in total. The lowest BCUT2D eigenvalue weighted by molar-refractivity contribution is 0.115. The highest BCUT2D eigenvalue weighted by atomic mass is 15.2. The predicted molar refractivity (Wildman–Crippen MR) is 58.9 cm³/mol. The summed E-state index contributed by atoms with van der Waals surface area (Å²) in [5.41, 5.74) is 1.38. The SMILES string of the molecule is C=C(CC)CN1[C@H](C)CCC[C@H]1C. The third kappa shape index (κ3) is 2.84. The Bertz CT molecular complexity index is 164. The fourth-order valence-corrected chi connectivity index (χ4v) is 2.16. The molecule has 0 aromatic rings. The van der Waals surface area contributed by atoms with Crippen LogP contribution in [0.2, 0.25) is 0 Å². The molecule has 1 aliphatic heterocycles. The summed E-state index contributed by atoms with van der Waals surface area (Å²) in [4.78, 5) is 2.61. The van der Waals surface area contributed by atoms with E-state index in [1.807, 2.05) is 0 Å². The number of hydrogen-bond donors (Lipinski definition) is 0. The van der Waals surface area contributed by atoms with Crippen LogP contribution in [0.3, 0.4) is 0 Å². The van der Waals surface area contributed by atoms with Crippen LogP contribution in [-0.2, 0) is 0 Å². The standard InChI is InChI=1S/C12H23N/c1-5-10(2)9-13-11(3)7-6-8-12(13)4/h11-12H,2,5-9H2,1,3-4H3/t11-,12-/m1/s1. The van der Waals surface area contributed by atoms with E-state index in [1.165, 1.54) is 24.8 Å². The van der Waals surface area contributed by atoms with Crippen molar-refractivity contribution >= 4 is 0 Å². The molecule has 76 valence electrons. The zero-order valence-electron chi connectivity index (χ0n) is 9.34. The average Bonchev–Trinajstić information content (AvgIpc) is 2.11. The molecule has 2 atom stereocenters. The van der Waals surface area contributed by atoms with E-state index in [0.29, 0.717) is 0 Å². The van der Waals surface area contributed by atoms with Crippen molar-refractivity contribution in [3.8, 4) is 0 Å². The molecule has 1 heterocycles. The lowest BCUT2D eigenvalue weighted by Crippen LogP contribution is -2.44. The number of rotatable bonds is 3. The Labute approximate surface area is 82.8 Å². The molecule has 1 saturated heterocycles. The molecule has 0 bridgehead atoms. The van der Waals surface area contributed by atoms with E-state index in [9.17, 15) is 0 Å². The molecule has 0 unspecified atom stereocenters. The van der Waals surface area contributed by atoms with Gasteiger partial charge in [-0.15, -0.1) is 0 Å². The second-order valence-electron chi connectivity index (χ2n) is 4.40. The molecular formula is C12H23N. The van der Waals surface area contributed by atoms with Gasteiger partial charge in [0.1, 0.15) is 0 Å². The third-order valence-corrected chi connectivity index (χ3v) is 3.28. The molecule has 0 amide bonds. The smallest absolute Gasteiger partial charge is 0.0195 e. The quantitative estimate of drug-likeness (QED) is 0.604. The van der Waals surface area contributed by atoms with Gasteiger partial charge in [0.25, 0.3) is 0 Å². The van der Waals surface area contributed by atoms with E-state index in [4.69, 9.17) is 0 Å². The number of piperidine rings is 1. The predicted octanol–water partition coefficient (Wildman–Crippen LogP) is 3.22. The first kappa shape index (κ1) is 10.8. The first-order valence-electron chi connectivity index (χ1n) is 5.57. The summed E-state index contributed by atoms with van der Waals surface area (Å²) in [6, 6.07) is 1.51. The zero-order valence-corrected chi connectivity index (χ0v) is 9.34. The lowest BCUT2D eigenvalue weighted by Gasteiger charge is -2.39. The molecule has 0 aromatic carbocycles. The molecule has 1 fully saturated rings. The van der Waals surface area contributed by atoms with Crippen LogP contribution in [0.15, 0.2) is 12.2 Å². The molecule has 1 rings (SSSR count). The van der Waals surface area contributed by atoms with Crippen molar-refractivity contribution in [3.63, 3.8) is 0 Å². The van der Waals surface area contributed by atoms with Gasteiger partial charge in [-0.05, 0) is 33.1 Å². The molecule has 1 aliphatic rings. The van der Waals surface area contributed by atoms with E-state index < -0.39 is 0 Å². The molecule has 1 heteroatoms. The molecule has 1 nitrogen and oxygen atoms in total. The van der Waals surface area contributed by atoms with Crippen molar-refractivity contribution in [3.05, 3.63) is 12.2 Å². The fraction of sp³-hybridized carbons (Fsp3) is 0.833. The summed E-state index contributed by atoms with van der Waals surface area (Å²) < 4.78 is 0. The van der Waals surface area contributed by atoms with Crippen molar-refractivity contribution in [2.24, 2.45) is 0 Å². The topological polar surface area (TPSA) is 3.24 Å². The van der Waals surface area contributed by atoms with Crippen molar-refractivity contribution in [2.45, 2.75) is 58.5 Å². The van der Waals surface area contributed by atoms with Crippen LogP contribution in [0.1, 0.15) is 46.5 Å². The Hall–Kier alpha value is -0.300. The van der Waals surface area contributed by atoms with Crippen molar-refractivity contribution in [1.82, 2.24) is 4.90 Å². The second-order valence-corrected chi connectivity index (χ2v) is 4.40. The summed E-state index contributed by atoms with van der Waals surface area (Å²) >= 11 is 0. The molecule has 13 heavy (non-hydrogen) atoms. The normalized spacial score (nSPS) is 30.4. The van der Waals surface area contributed by atoms with Crippen molar-refractivity contribution < 1.29 is 0 Å². The van der Waals surface area contributed by atoms with Crippen LogP contribution in [-0.4, -0.2) is 23.5 Å². The van der Waals surface area contributed by atoms with Crippen LogP contribution in [0.5, 0.6) is 0 Å². The molecular weight excluding hydrogens is 158 g/mol. The Morgan fingerprint density at radius 3 is 2.31 bits per heavy atom. The molecule has 0 saturated carbocycles. The highest BCUT2D eigenvalue weighted by molar-refractivity contribution is 4.98. The summed E-state index contributed by atoms with van der Waals surface area (Å²) in [5.74, 6) is 0. The third-order valence-electron chi connectivity index (χ3n) is 3.28. The lowest BCUT2D eigenvalue weighted by atomic mass is 9.96. The second kappa shape index (κ2) is 4.80. The summed E-state index contributed by atoms with van der Waals surface area (Å²) in [5, 5.41) is 0. The van der Waals surface area contributed by atoms with Gasteiger partial charge in [-0.1, -0.05) is 25.5 Å². The molecule has 0 radical (unpaired) electrons. The molecule has 0 aliphatic carbocycles. The average molecular weight is 181 g/mol. The summed E-state index contributed by atoms with van der Waals surface area (Å²) in [6.07, 6.45) is 5.25. The minimum absolute atomic E-state index is 0.757. The van der Waals surface area contributed by atoms with E-state index in [-0.39, 0.29) is 0 Å². The minimum Gasteiger partial charge on any atom is -0.294 e. The Balaban J connectivity index is 2.48. The fourth-order valence-electron chi connectivity index (χ4n) is 2.16. The highest BCUT2D eigenvalue weighted by Gasteiger charge is 2.24. The van der Waals surface area contributed by atoms with Gasteiger partial charge in [-0.25, -0.2) is 0 Å². The minimum atomic E-state index is 0.757. The first-order valence-corrected chi connectivity index (χ1v) is 5.57. The van der Waals surface area contributed by atoms with Crippen LogP contribution in [0.4, 0.5) is 0 Å². The Morgan fingerprint density at radius 2 is 1.85 bits per heavy atom. The van der Waals surface area contributed by atoms with Gasteiger partial charge in [-0.2, -0.15) is 0 Å². The number of nitrogens with zero attached hydrogens (tertiary/aromatic N) is 1. The van der Waals surface area contributed by atoms with Gasteiger partial charge in [0, 0.05) is 18.6 Å². The van der Waals surface area contributed by atoms with Crippen LogP contribution < -0.4 is 0 Å². The monoisotopic (exact) mass is 181 g/mol. The zero-order chi connectivity index (χ0) is 9.84. The maximum atomic E-state index is 4.09. The van der Waals surface area contributed by atoms with Crippen LogP contribution in [0.25, 0.3) is 0 Å². The maximum absolute atomic E-state index is 4.09. The Kier molecular flexibility index (Phi) is 3.98. The highest BCUT2D eigenvalue weighted by Crippen LogP contribution is 2.23. The molecule has 0 aromatic heterocycles. The van der Waals surface area contributed by atoms with E-state index >= 15 is 0 Å². The van der Waals surface area contributed by atoms with Gasteiger partial charge in [0.15, 0.2) is 0 Å². The van der Waals surface area contributed by atoms with Crippen LogP contribution >= 0.6 is 0 Å². The van der Waals surface area contributed by atoms with Gasteiger partial charge >= 0.3 is 0 Å². The van der Waals surface area contributed by atoms with Gasteiger partial charge in [0.2, 0.25) is 0 Å². The van der Waals surface area contributed by atoms with E-state index in [1.54, 1.807) is 0 Å². The van der Waals surface area contributed by atoms with Crippen molar-refractivity contribution in [2.75, 3.05) is 6.54 Å². The molecule has 0 spiro atoms. The first-order chi connectivity index (χ1) is 6.15. The Morgan fingerprint density at radius 1 is 1.31 bits per heavy atom. The van der Waals surface area contributed by atoms with Crippen molar-refractivity contribution in [1.29, 1.82) is 0 Å². The number of hydrogen-bond acceptors (Lipinski definition) is 1. The number of likely N-dealkylation sites (tertiary alicyclic amines) is 1. The van der Waals surface area contributed by atoms with Crippen LogP contribution in [0, 0.1) is 0 Å².